The monoisotopic (exact) mass is 504 g/mol. The number of amides is 1. The zero-order valence-electron chi connectivity index (χ0n) is 18.3. The first-order valence-electron chi connectivity index (χ1n) is 10.6. The summed E-state index contributed by atoms with van der Waals surface area (Å²) in [5, 5.41) is 15.3. The summed E-state index contributed by atoms with van der Waals surface area (Å²) >= 11 is 7.26. The maximum atomic E-state index is 13.0. The van der Waals surface area contributed by atoms with Crippen molar-refractivity contribution in [2.24, 2.45) is 5.10 Å². The number of carbonyl (C=O) groups is 2. The molecule has 0 bridgehead atoms. The molecule has 0 radical (unpaired) electrons. The molecule has 0 atom stereocenters. The van der Waals surface area contributed by atoms with Gasteiger partial charge in [-0.25, -0.2) is 5.43 Å². The molecule has 7 nitrogen and oxygen atoms in total. The Morgan fingerprint density at radius 3 is 2.23 bits per heavy atom. The van der Waals surface area contributed by atoms with Crippen molar-refractivity contribution < 1.29 is 14.7 Å². The van der Waals surface area contributed by atoms with E-state index in [1.54, 1.807) is 12.1 Å². The Balaban J connectivity index is 1.52. The molecule has 1 aromatic heterocycles. The molecule has 0 aliphatic carbocycles. The Morgan fingerprint density at radius 2 is 1.63 bits per heavy atom. The second-order valence-corrected chi connectivity index (χ2v) is 8.94. The minimum atomic E-state index is -1.30. The van der Waals surface area contributed by atoms with Crippen LogP contribution in [0.4, 0.5) is 0 Å². The number of aromatic carboxylic acids is 1. The predicted octanol–water partition coefficient (Wildman–Crippen LogP) is 3.26. The molecule has 0 aliphatic rings. The highest BCUT2D eigenvalue weighted by Crippen LogP contribution is 2.25. The molecule has 3 aromatic carbocycles. The molecule has 176 valence electrons. The first-order valence-corrected chi connectivity index (χ1v) is 11.8. The number of nitrogens with zero attached hydrogens (tertiary/aromatic N) is 2. The van der Waals surface area contributed by atoms with Crippen LogP contribution < -0.4 is 15.4 Å². The Bertz CT molecular complexity index is 1390. The Hall–Kier alpha value is -4.01. The van der Waals surface area contributed by atoms with Gasteiger partial charge >= 0.3 is 4.87 Å². The van der Waals surface area contributed by atoms with Crippen LogP contribution in [0.15, 0.2) is 94.8 Å². The summed E-state index contributed by atoms with van der Waals surface area (Å²) in [6, 6.07) is 24.8. The third-order valence-corrected chi connectivity index (χ3v) is 6.68. The maximum Gasteiger partial charge on any atom is 0.309 e. The van der Waals surface area contributed by atoms with Crippen LogP contribution in [0.25, 0.3) is 0 Å². The number of hydrazone groups is 1. The van der Waals surface area contributed by atoms with Crippen molar-refractivity contribution in [3.63, 3.8) is 0 Å². The molecular weight excluding hydrogens is 486 g/mol. The lowest BCUT2D eigenvalue weighted by Crippen LogP contribution is -2.26. The van der Waals surface area contributed by atoms with Crippen molar-refractivity contribution >= 4 is 41.0 Å². The van der Waals surface area contributed by atoms with Gasteiger partial charge in [-0.1, -0.05) is 102 Å². The zero-order chi connectivity index (χ0) is 24.8. The van der Waals surface area contributed by atoms with Crippen molar-refractivity contribution in [3.8, 4) is 0 Å². The van der Waals surface area contributed by atoms with Gasteiger partial charge < -0.3 is 9.90 Å². The van der Waals surface area contributed by atoms with E-state index >= 15 is 0 Å². The third-order valence-electron chi connectivity index (χ3n) is 5.25. The number of nitrogens with one attached hydrogen (secondary N) is 1. The summed E-state index contributed by atoms with van der Waals surface area (Å²) < 4.78 is 1.31. The fourth-order valence-corrected chi connectivity index (χ4v) is 4.71. The van der Waals surface area contributed by atoms with E-state index in [1.807, 2.05) is 60.7 Å². The van der Waals surface area contributed by atoms with E-state index in [1.165, 1.54) is 22.9 Å². The van der Waals surface area contributed by atoms with E-state index in [0.717, 1.165) is 22.5 Å². The highest BCUT2D eigenvalue weighted by molar-refractivity contribution is 7.11. The molecule has 0 fully saturated rings. The van der Waals surface area contributed by atoms with Crippen LogP contribution in [-0.2, 0) is 11.3 Å². The molecule has 0 saturated carbocycles. The topological polar surface area (TPSA) is 104 Å². The van der Waals surface area contributed by atoms with Crippen molar-refractivity contribution in [3.05, 3.63) is 127 Å². The van der Waals surface area contributed by atoms with Gasteiger partial charge in [0, 0.05) is 0 Å². The van der Waals surface area contributed by atoms with Gasteiger partial charge in [-0.3, -0.25) is 14.2 Å². The number of hydrogen-bond donors (Lipinski definition) is 1. The number of benzene rings is 3. The quantitative estimate of drug-likeness (QED) is 0.294. The summed E-state index contributed by atoms with van der Waals surface area (Å²) in [4.78, 5) is 36.6. The van der Waals surface area contributed by atoms with Crippen LogP contribution in [-0.4, -0.2) is 22.7 Å². The lowest BCUT2D eigenvalue weighted by Gasteiger charge is -2.16. The van der Waals surface area contributed by atoms with Crippen LogP contribution in [0.2, 0.25) is 5.15 Å². The summed E-state index contributed by atoms with van der Waals surface area (Å²) in [5.74, 6) is -2.20. The number of hydrogen-bond acceptors (Lipinski definition) is 6. The smallest absolute Gasteiger partial charge is 0.309 e. The number of halogens is 1. The maximum absolute atomic E-state index is 13.0. The SMILES string of the molecule is O=C([O-])c1cccc(Cn2c(Cl)c(/C=N\NC(=O)C(c3ccccc3)c3ccccc3)sc2=O)c1. The van der Waals surface area contributed by atoms with E-state index < -0.39 is 11.9 Å². The van der Waals surface area contributed by atoms with Crippen molar-refractivity contribution in [2.75, 3.05) is 0 Å². The van der Waals surface area contributed by atoms with E-state index in [4.69, 9.17) is 11.6 Å². The Morgan fingerprint density at radius 1 is 1.00 bits per heavy atom. The van der Waals surface area contributed by atoms with Gasteiger partial charge in [0.05, 0.1) is 29.5 Å². The number of rotatable bonds is 8. The Kier molecular flexibility index (Phi) is 7.54. The highest BCUT2D eigenvalue weighted by Gasteiger charge is 2.22. The molecule has 1 heterocycles. The molecule has 1 N–H and O–H groups in total. The first kappa shape index (κ1) is 24.1. The molecule has 0 unspecified atom stereocenters. The molecule has 0 aliphatic heterocycles. The lowest BCUT2D eigenvalue weighted by molar-refractivity contribution is -0.255. The van der Waals surface area contributed by atoms with Gasteiger partial charge in [0.15, 0.2) is 0 Å². The molecule has 35 heavy (non-hydrogen) atoms. The molecule has 0 spiro atoms. The number of aromatic nitrogens is 1. The molecule has 4 aromatic rings. The Labute approximate surface area is 209 Å². The normalized spacial score (nSPS) is 11.1. The summed E-state index contributed by atoms with van der Waals surface area (Å²) in [6.45, 7) is 0.0829. The molecule has 9 heteroatoms. The van der Waals surface area contributed by atoms with Gasteiger partial charge in [-0.05, 0) is 28.3 Å². The molecule has 4 rings (SSSR count). The summed E-state index contributed by atoms with van der Waals surface area (Å²) in [7, 11) is 0. The minimum Gasteiger partial charge on any atom is -0.545 e. The summed E-state index contributed by atoms with van der Waals surface area (Å²) in [5.41, 5.74) is 4.78. The molecular formula is C26H19ClN3O4S-. The van der Waals surface area contributed by atoms with E-state index in [2.05, 4.69) is 10.5 Å². The van der Waals surface area contributed by atoms with E-state index in [-0.39, 0.29) is 28.0 Å². The fourth-order valence-electron chi connectivity index (χ4n) is 3.60. The lowest BCUT2D eigenvalue weighted by atomic mass is 9.91. The number of thiazole rings is 1. The summed E-state index contributed by atoms with van der Waals surface area (Å²) in [6.07, 6.45) is 1.33. The minimum absolute atomic E-state index is 0.0118. The van der Waals surface area contributed by atoms with Crippen LogP contribution in [0, 0.1) is 0 Å². The van der Waals surface area contributed by atoms with Gasteiger partial charge in [0.25, 0.3) is 5.91 Å². The van der Waals surface area contributed by atoms with E-state index in [0.29, 0.717) is 10.4 Å². The number of carbonyl (C=O) groups excluding carboxylic acids is 2. The van der Waals surface area contributed by atoms with Gasteiger partial charge in [-0.15, -0.1) is 0 Å². The van der Waals surface area contributed by atoms with Crippen LogP contribution in [0.3, 0.4) is 0 Å². The van der Waals surface area contributed by atoms with E-state index in [9.17, 15) is 19.5 Å². The standard InChI is InChI=1S/C26H20ClN3O4S/c27-23-21(35-26(34)30(23)16-17-8-7-13-20(14-17)25(32)33)15-28-29-24(31)22(18-9-3-1-4-10-18)19-11-5-2-6-12-19/h1-15,22H,16H2,(H,29,31)(H,32,33)/p-1/b28-15-. The number of carboxylic acids is 1. The average Bonchev–Trinajstić information content (AvgIpc) is 3.13. The van der Waals surface area contributed by atoms with Crippen LogP contribution >= 0.6 is 22.9 Å². The highest BCUT2D eigenvalue weighted by atomic mass is 35.5. The fraction of sp³-hybridized carbons (Fsp3) is 0.0769. The van der Waals surface area contributed by atoms with Gasteiger partial charge in [0.2, 0.25) is 0 Å². The second-order valence-electron chi connectivity index (χ2n) is 7.59. The third kappa shape index (κ3) is 5.74. The second kappa shape index (κ2) is 10.9. The predicted molar refractivity (Wildman–Crippen MR) is 134 cm³/mol. The number of carboxylic acid groups (broad SMARTS) is 1. The molecule has 0 saturated heterocycles. The average molecular weight is 505 g/mol. The van der Waals surface area contributed by atoms with Crippen molar-refractivity contribution in [1.29, 1.82) is 0 Å². The van der Waals surface area contributed by atoms with Crippen LogP contribution in [0.5, 0.6) is 0 Å². The van der Waals surface area contributed by atoms with Gasteiger partial charge in [-0.2, -0.15) is 5.10 Å². The van der Waals surface area contributed by atoms with Crippen LogP contribution in [0.1, 0.15) is 37.8 Å². The zero-order valence-corrected chi connectivity index (χ0v) is 19.8. The molecule has 1 amide bonds. The largest absolute Gasteiger partial charge is 0.545 e. The van der Waals surface area contributed by atoms with Crippen molar-refractivity contribution in [2.45, 2.75) is 12.5 Å². The van der Waals surface area contributed by atoms with Crippen molar-refractivity contribution in [1.82, 2.24) is 9.99 Å². The first-order chi connectivity index (χ1) is 16.9. The van der Waals surface area contributed by atoms with Gasteiger partial charge in [0.1, 0.15) is 5.15 Å².